The average Bonchev–Trinajstić information content (AvgIpc) is 2.64. The first-order valence-electron chi connectivity index (χ1n) is 8.48. The van der Waals surface area contributed by atoms with Crippen molar-refractivity contribution in [3.63, 3.8) is 0 Å². The molecule has 0 saturated carbocycles. The highest BCUT2D eigenvalue weighted by Gasteiger charge is 2.20. The molecule has 0 radical (unpaired) electrons. The van der Waals surface area contributed by atoms with Crippen molar-refractivity contribution in [1.82, 2.24) is 4.98 Å². The van der Waals surface area contributed by atoms with Crippen molar-refractivity contribution >= 4 is 33.3 Å². The van der Waals surface area contributed by atoms with E-state index < -0.39 is 0 Å². The SMILES string of the molecule is CN(CC1CCCCO1)c1ncccc1C(=O)Nc1ccc(Br)cc1. The molecule has 1 aliphatic rings. The van der Waals surface area contributed by atoms with Gasteiger partial charge in [0.05, 0.1) is 11.7 Å². The molecule has 1 atom stereocenters. The number of nitrogens with one attached hydrogen (secondary N) is 1. The largest absolute Gasteiger partial charge is 0.376 e. The molecule has 1 unspecified atom stereocenters. The number of amides is 1. The normalized spacial score (nSPS) is 17.1. The number of likely N-dealkylation sites (N-methyl/N-ethyl adjacent to an activating group) is 1. The molecule has 1 fully saturated rings. The molecule has 3 rings (SSSR count). The second kappa shape index (κ2) is 8.45. The second-order valence-electron chi connectivity index (χ2n) is 6.20. The van der Waals surface area contributed by atoms with Gasteiger partial charge in [0.15, 0.2) is 0 Å². The van der Waals surface area contributed by atoms with E-state index in [1.807, 2.05) is 36.2 Å². The minimum Gasteiger partial charge on any atom is -0.376 e. The van der Waals surface area contributed by atoms with Gasteiger partial charge in [-0.1, -0.05) is 15.9 Å². The highest BCUT2D eigenvalue weighted by Crippen LogP contribution is 2.21. The summed E-state index contributed by atoms with van der Waals surface area (Å²) in [6, 6.07) is 11.1. The molecule has 0 spiro atoms. The van der Waals surface area contributed by atoms with E-state index >= 15 is 0 Å². The minimum atomic E-state index is -0.165. The zero-order valence-electron chi connectivity index (χ0n) is 14.2. The lowest BCUT2D eigenvalue weighted by atomic mass is 10.1. The third-order valence-electron chi connectivity index (χ3n) is 4.25. The third-order valence-corrected chi connectivity index (χ3v) is 4.78. The van der Waals surface area contributed by atoms with Crippen LogP contribution in [-0.4, -0.2) is 37.2 Å². The van der Waals surface area contributed by atoms with Crippen molar-refractivity contribution in [2.75, 3.05) is 30.4 Å². The van der Waals surface area contributed by atoms with E-state index in [1.54, 1.807) is 18.3 Å². The van der Waals surface area contributed by atoms with Crippen LogP contribution in [0.25, 0.3) is 0 Å². The van der Waals surface area contributed by atoms with Crippen molar-refractivity contribution < 1.29 is 9.53 Å². The molecule has 132 valence electrons. The first-order valence-corrected chi connectivity index (χ1v) is 9.27. The van der Waals surface area contributed by atoms with Crippen molar-refractivity contribution in [3.8, 4) is 0 Å². The summed E-state index contributed by atoms with van der Waals surface area (Å²) >= 11 is 3.39. The van der Waals surface area contributed by atoms with Gasteiger partial charge in [0.1, 0.15) is 5.82 Å². The lowest BCUT2D eigenvalue weighted by Crippen LogP contribution is -2.34. The number of carbonyl (C=O) groups is 1. The number of benzene rings is 1. The Kier molecular flexibility index (Phi) is 6.04. The van der Waals surface area contributed by atoms with Crippen molar-refractivity contribution in [2.45, 2.75) is 25.4 Å². The van der Waals surface area contributed by atoms with Crippen molar-refractivity contribution in [2.24, 2.45) is 0 Å². The van der Waals surface area contributed by atoms with Gasteiger partial charge in [0.2, 0.25) is 0 Å². The van der Waals surface area contributed by atoms with Gasteiger partial charge in [-0.05, 0) is 55.7 Å². The highest BCUT2D eigenvalue weighted by atomic mass is 79.9. The number of aromatic nitrogens is 1. The van der Waals surface area contributed by atoms with Crippen LogP contribution >= 0.6 is 15.9 Å². The monoisotopic (exact) mass is 403 g/mol. The predicted octanol–water partition coefficient (Wildman–Crippen LogP) is 4.10. The Bertz CT molecular complexity index is 715. The molecule has 1 aromatic heterocycles. The molecule has 1 amide bonds. The van der Waals surface area contributed by atoms with Crippen LogP contribution in [-0.2, 0) is 4.74 Å². The molecule has 0 bridgehead atoms. The number of rotatable bonds is 5. The Hall–Kier alpha value is -1.92. The Morgan fingerprint density at radius 2 is 2.12 bits per heavy atom. The zero-order valence-corrected chi connectivity index (χ0v) is 15.8. The lowest BCUT2D eigenvalue weighted by molar-refractivity contribution is 0.0215. The quantitative estimate of drug-likeness (QED) is 0.815. The second-order valence-corrected chi connectivity index (χ2v) is 7.12. The smallest absolute Gasteiger partial charge is 0.259 e. The minimum absolute atomic E-state index is 0.165. The van der Waals surface area contributed by atoms with E-state index in [0.29, 0.717) is 11.4 Å². The van der Waals surface area contributed by atoms with Crippen LogP contribution in [0, 0.1) is 0 Å². The number of nitrogens with zero attached hydrogens (tertiary/aromatic N) is 2. The van der Waals surface area contributed by atoms with Crippen LogP contribution in [0.1, 0.15) is 29.6 Å². The summed E-state index contributed by atoms with van der Waals surface area (Å²) in [7, 11) is 1.96. The van der Waals surface area contributed by atoms with Gasteiger partial charge in [0.25, 0.3) is 5.91 Å². The lowest BCUT2D eigenvalue weighted by Gasteiger charge is -2.28. The number of pyridine rings is 1. The molecule has 1 saturated heterocycles. The summed E-state index contributed by atoms with van der Waals surface area (Å²) in [5, 5.41) is 2.93. The summed E-state index contributed by atoms with van der Waals surface area (Å²) in [6.45, 7) is 1.55. The Morgan fingerprint density at radius 3 is 2.84 bits per heavy atom. The number of halogens is 1. The van der Waals surface area contributed by atoms with E-state index in [1.165, 1.54) is 6.42 Å². The van der Waals surface area contributed by atoms with Crippen LogP contribution in [0.5, 0.6) is 0 Å². The first-order chi connectivity index (χ1) is 12.1. The Balaban J connectivity index is 1.72. The van der Waals surface area contributed by atoms with Gasteiger partial charge >= 0.3 is 0 Å². The maximum absolute atomic E-state index is 12.7. The fourth-order valence-corrected chi connectivity index (χ4v) is 3.22. The van der Waals surface area contributed by atoms with Crippen LogP contribution in [0.4, 0.5) is 11.5 Å². The van der Waals surface area contributed by atoms with Gasteiger partial charge in [-0.3, -0.25) is 4.79 Å². The van der Waals surface area contributed by atoms with E-state index in [4.69, 9.17) is 4.74 Å². The standard InChI is InChI=1S/C19H22BrN3O2/c1-23(13-16-5-2-3-12-25-16)18-17(6-4-11-21-18)19(24)22-15-9-7-14(20)8-10-15/h4,6-11,16H,2-3,5,12-13H2,1H3,(H,22,24). The molecule has 0 aliphatic carbocycles. The highest BCUT2D eigenvalue weighted by molar-refractivity contribution is 9.10. The Morgan fingerprint density at radius 1 is 1.32 bits per heavy atom. The van der Waals surface area contributed by atoms with Gasteiger partial charge in [-0.25, -0.2) is 4.98 Å². The fraction of sp³-hybridized carbons (Fsp3) is 0.368. The molecule has 2 aromatic rings. The molecule has 1 aromatic carbocycles. The molecule has 5 nitrogen and oxygen atoms in total. The molecular weight excluding hydrogens is 382 g/mol. The first kappa shape index (κ1) is 17.9. The molecular formula is C19H22BrN3O2. The summed E-state index contributed by atoms with van der Waals surface area (Å²) < 4.78 is 6.77. The summed E-state index contributed by atoms with van der Waals surface area (Å²) in [4.78, 5) is 19.1. The summed E-state index contributed by atoms with van der Waals surface area (Å²) in [6.07, 6.45) is 5.28. The zero-order chi connectivity index (χ0) is 17.6. The van der Waals surface area contributed by atoms with Crippen LogP contribution in [0.2, 0.25) is 0 Å². The summed E-state index contributed by atoms with van der Waals surface area (Å²) in [5.41, 5.74) is 1.31. The van der Waals surface area contributed by atoms with Gasteiger partial charge in [0, 0.05) is 36.6 Å². The van der Waals surface area contributed by atoms with E-state index in [9.17, 15) is 4.79 Å². The fourth-order valence-electron chi connectivity index (χ4n) is 2.95. The van der Waals surface area contributed by atoms with Gasteiger partial charge < -0.3 is 15.0 Å². The van der Waals surface area contributed by atoms with Crippen LogP contribution < -0.4 is 10.2 Å². The van der Waals surface area contributed by atoms with E-state index in [2.05, 4.69) is 26.2 Å². The average molecular weight is 404 g/mol. The molecule has 2 heterocycles. The maximum atomic E-state index is 12.7. The molecule has 25 heavy (non-hydrogen) atoms. The number of hydrogen-bond acceptors (Lipinski definition) is 4. The Labute approximate surface area is 156 Å². The molecule has 1 N–H and O–H groups in total. The third kappa shape index (κ3) is 4.80. The van der Waals surface area contributed by atoms with E-state index in [0.717, 1.165) is 36.2 Å². The number of anilines is 2. The van der Waals surface area contributed by atoms with E-state index in [-0.39, 0.29) is 12.0 Å². The summed E-state index contributed by atoms with van der Waals surface area (Å²) in [5.74, 6) is 0.508. The van der Waals surface area contributed by atoms with Crippen molar-refractivity contribution in [3.05, 3.63) is 52.6 Å². The van der Waals surface area contributed by atoms with Crippen LogP contribution in [0.15, 0.2) is 47.1 Å². The number of carbonyl (C=O) groups excluding carboxylic acids is 1. The van der Waals surface area contributed by atoms with Crippen molar-refractivity contribution in [1.29, 1.82) is 0 Å². The van der Waals surface area contributed by atoms with Gasteiger partial charge in [-0.2, -0.15) is 0 Å². The molecule has 6 heteroatoms. The van der Waals surface area contributed by atoms with Gasteiger partial charge in [-0.15, -0.1) is 0 Å². The molecule has 1 aliphatic heterocycles. The van der Waals surface area contributed by atoms with Crippen LogP contribution in [0.3, 0.4) is 0 Å². The number of hydrogen-bond donors (Lipinski definition) is 1. The number of ether oxygens (including phenoxy) is 1. The topological polar surface area (TPSA) is 54.5 Å². The predicted molar refractivity (Wildman–Crippen MR) is 103 cm³/mol. The maximum Gasteiger partial charge on any atom is 0.259 e.